The molecular formula is C9H13BrO2. The lowest BCUT2D eigenvalue weighted by molar-refractivity contribution is 0.00604. The van der Waals surface area contributed by atoms with Gasteiger partial charge in [0.1, 0.15) is 11.4 Å². The molecule has 1 aromatic rings. The summed E-state index contributed by atoms with van der Waals surface area (Å²) in [6, 6.07) is 1.80. The van der Waals surface area contributed by atoms with Crippen LogP contribution in [0.1, 0.15) is 32.4 Å². The summed E-state index contributed by atoms with van der Waals surface area (Å²) < 4.78 is 6.06. The Hall–Kier alpha value is -0.280. The monoisotopic (exact) mass is 232 g/mol. The Balaban J connectivity index is 3.02. The van der Waals surface area contributed by atoms with Gasteiger partial charge in [-0.2, -0.15) is 0 Å². The second-order valence-electron chi connectivity index (χ2n) is 2.84. The molecule has 0 aliphatic heterocycles. The lowest BCUT2D eigenvalue weighted by Crippen LogP contribution is -2.23. The van der Waals surface area contributed by atoms with Crippen LogP contribution in [0.5, 0.6) is 0 Å². The summed E-state index contributed by atoms with van der Waals surface area (Å²) in [5, 5.41) is 10.0. The topological polar surface area (TPSA) is 33.4 Å². The van der Waals surface area contributed by atoms with Crippen LogP contribution >= 0.6 is 15.9 Å². The highest BCUT2D eigenvalue weighted by molar-refractivity contribution is 9.10. The van der Waals surface area contributed by atoms with Crippen LogP contribution in [0.15, 0.2) is 21.2 Å². The summed E-state index contributed by atoms with van der Waals surface area (Å²) in [6.45, 7) is 3.89. The van der Waals surface area contributed by atoms with Crippen molar-refractivity contribution in [1.82, 2.24) is 0 Å². The number of hydrogen-bond donors (Lipinski definition) is 1. The summed E-state index contributed by atoms with van der Waals surface area (Å²) in [7, 11) is 0. The molecule has 0 unspecified atom stereocenters. The first-order valence-corrected chi connectivity index (χ1v) is 4.89. The van der Waals surface area contributed by atoms with E-state index in [0.29, 0.717) is 18.6 Å². The number of aliphatic hydroxyl groups is 1. The maximum atomic E-state index is 10.0. The van der Waals surface area contributed by atoms with Crippen molar-refractivity contribution in [3.8, 4) is 0 Å². The quantitative estimate of drug-likeness (QED) is 0.870. The zero-order valence-corrected chi connectivity index (χ0v) is 8.89. The van der Waals surface area contributed by atoms with Crippen molar-refractivity contribution < 1.29 is 9.52 Å². The van der Waals surface area contributed by atoms with E-state index in [1.165, 1.54) is 0 Å². The second kappa shape index (κ2) is 3.62. The fourth-order valence-corrected chi connectivity index (χ4v) is 1.77. The minimum absolute atomic E-state index is 0.632. The average Bonchev–Trinajstić information content (AvgIpc) is 2.51. The number of rotatable bonds is 3. The van der Waals surface area contributed by atoms with Gasteiger partial charge in [-0.3, -0.25) is 0 Å². The Bertz CT molecular complexity index is 251. The molecule has 1 rings (SSSR count). The van der Waals surface area contributed by atoms with Crippen LogP contribution in [0, 0.1) is 0 Å². The van der Waals surface area contributed by atoms with Crippen LogP contribution in [0.2, 0.25) is 0 Å². The van der Waals surface area contributed by atoms with Crippen LogP contribution in [0.3, 0.4) is 0 Å². The van der Waals surface area contributed by atoms with Gasteiger partial charge in [-0.1, -0.05) is 13.8 Å². The molecule has 2 nitrogen and oxygen atoms in total. The maximum Gasteiger partial charge on any atom is 0.149 e. The minimum Gasteiger partial charge on any atom is -0.465 e. The Morgan fingerprint density at radius 3 is 2.42 bits per heavy atom. The van der Waals surface area contributed by atoms with Crippen LogP contribution in [0.25, 0.3) is 0 Å². The van der Waals surface area contributed by atoms with Gasteiger partial charge in [0.2, 0.25) is 0 Å². The van der Waals surface area contributed by atoms with E-state index in [1.54, 1.807) is 12.3 Å². The maximum absolute atomic E-state index is 10.0. The first-order chi connectivity index (χ1) is 5.64. The predicted molar refractivity (Wildman–Crippen MR) is 50.9 cm³/mol. The molecule has 12 heavy (non-hydrogen) atoms. The molecule has 0 saturated carbocycles. The third-order valence-electron chi connectivity index (χ3n) is 2.21. The molecule has 68 valence electrons. The lowest BCUT2D eigenvalue weighted by Gasteiger charge is -2.22. The van der Waals surface area contributed by atoms with Crippen molar-refractivity contribution in [3.05, 3.63) is 22.6 Å². The molecular weight excluding hydrogens is 220 g/mol. The molecule has 0 bridgehead atoms. The van der Waals surface area contributed by atoms with Crippen molar-refractivity contribution in [2.75, 3.05) is 0 Å². The van der Waals surface area contributed by atoms with E-state index in [2.05, 4.69) is 15.9 Å². The van der Waals surface area contributed by atoms with Gasteiger partial charge in [-0.25, -0.2) is 0 Å². The molecule has 3 heteroatoms. The van der Waals surface area contributed by atoms with Gasteiger partial charge in [0.25, 0.3) is 0 Å². The molecule has 1 aromatic heterocycles. The molecule has 0 radical (unpaired) electrons. The fraction of sp³-hybridized carbons (Fsp3) is 0.556. The summed E-state index contributed by atoms with van der Waals surface area (Å²) in [4.78, 5) is 0. The summed E-state index contributed by atoms with van der Waals surface area (Å²) >= 11 is 3.33. The van der Waals surface area contributed by atoms with Crippen molar-refractivity contribution in [1.29, 1.82) is 0 Å². The first kappa shape index (κ1) is 9.81. The molecule has 1 heterocycles. The zero-order valence-electron chi connectivity index (χ0n) is 7.30. The van der Waals surface area contributed by atoms with Crippen LogP contribution in [0.4, 0.5) is 0 Å². The van der Waals surface area contributed by atoms with Crippen LogP contribution in [-0.4, -0.2) is 5.11 Å². The number of halogens is 1. The van der Waals surface area contributed by atoms with Gasteiger partial charge in [-0.05, 0) is 34.8 Å². The van der Waals surface area contributed by atoms with Crippen molar-refractivity contribution in [2.45, 2.75) is 32.3 Å². The highest BCUT2D eigenvalue weighted by Crippen LogP contribution is 2.34. The molecule has 0 amide bonds. The van der Waals surface area contributed by atoms with Gasteiger partial charge in [0.15, 0.2) is 0 Å². The lowest BCUT2D eigenvalue weighted by atomic mass is 9.95. The highest BCUT2D eigenvalue weighted by atomic mass is 79.9. The van der Waals surface area contributed by atoms with Gasteiger partial charge in [-0.15, -0.1) is 0 Å². The molecule has 0 fully saturated rings. The third kappa shape index (κ3) is 1.57. The Labute approximate surface area is 80.7 Å². The molecule has 0 atom stereocenters. The van der Waals surface area contributed by atoms with Crippen LogP contribution in [-0.2, 0) is 5.60 Å². The average molecular weight is 233 g/mol. The zero-order chi connectivity index (χ0) is 9.19. The van der Waals surface area contributed by atoms with Gasteiger partial charge < -0.3 is 9.52 Å². The Morgan fingerprint density at radius 1 is 1.50 bits per heavy atom. The normalized spacial score (nSPS) is 12.0. The summed E-state index contributed by atoms with van der Waals surface area (Å²) in [5.74, 6) is 0.632. The van der Waals surface area contributed by atoms with E-state index in [1.807, 2.05) is 13.8 Å². The van der Waals surface area contributed by atoms with Crippen molar-refractivity contribution in [3.63, 3.8) is 0 Å². The Morgan fingerprint density at radius 2 is 2.08 bits per heavy atom. The van der Waals surface area contributed by atoms with E-state index in [-0.39, 0.29) is 0 Å². The van der Waals surface area contributed by atoms with Crippen molar-refractivity contribution >= 4 is 15.9 Å². The van der Waals surface area contributed by atoms with E-state index in [4.69, 9.17) is 4.42 Å². The molecule has 1 N–H and O–H groups in total. The number of furan rings is 1. The predicted octanol–water partition coefficient (Wildman–Crippen LogP) is 3.05. The summed E-state index contributed by atoms with van der Waals surface area (Å²) in [6.07, 6.45) is 2.90. The van der Waals surface area contributed by atoms with Gasteiger partial charge in [0, 0.05) is 0 Å². The smallest absolute Gasteiger partial charge is 0.149 e. The van der Waals surface area contributed by atoms with E-state index >= 15 is 0 Å². The van der Waals surface area contributed by atoms with Crippen LogP contribution < -0.4 is 0 Å². The largest absolute Gasteiger partial charge is 0.465 e. The first-order valence-electron chi connectivity index (χ1n) is 4.10. The SMILES string of the molecule is CCC(O)(CC)c1occc1Br. The second-order valence-corrected chi connectivity index (χ2v) is 3.69. The minimum atomic E-state index is -0.817. The van der Waals surface area contributed by atoms with E-state index < -0.39 is 5.60 Å². The third-order valence-corrected chi connectivity index (χ3v) is 2.83. The molecule has 0 aliphatic rings. The molecule has 0 saturated heterocycles. The fourth-order valence-electron chi connectivity index (χ4n) is 1.20. The van der Waals surface area contributed by atoms with Crippen molar-refractivity contribution in [2.24, 2.45) is 0 Å². The molecule has 0 aromatic carbocycles. The summed E-state index contributed by atoms with van der Waals surface area (Å²) in [5.41, 5.74) is -0.817. The number of hydrogen-bond acceptors (Lipinski definition) is 2. The molecule has 0 spiro atoms. The van der Waals surface area contributed by atoms with Gasteiger partial charge >= 0.3 is 0 Å². The van der Waals surface area contributed by atoms with E-state index in [0.717, 1.165) is 4.47 Å². The Kier molecular flexibility index (Phi) is 2.96. The molecule has 0 aliphatic carbocycles. The standard InChI is InChI=1S/C9H13BrO2/c1-3-9(11,4-2)8-7(10)5-6-12-8/h5-6,11H,3-4H2,1-2H3. The van der Waals surface area contributed by atoms with Gasteiger partial charge in [0.05, 0.1) is 10.7 Å². The van der Waals surface area contributed by atoms with E-state index in [9.17, 15) is 5.11 Å². The highest BCUT2D eigenvalue weighted by Gasteiger charge is 2.30.